The van der Waals surface area contributed by atoms with Gasteiger partial charge >= 0.3 is 0 Å². The molecule has 0 saturated heterocycles. The SMILES string of the molecule is CC1(C)Cc2cc(-c3ccc(C(C)(C)O)c(O)c3)ccc2O1. The molecule has 0 spiro atoms. The van der Waals surface area contributed by atoms with Crippen LogP contribution in [-0.2, 0) is 12.0 Å². The molecule has 1 aliphatic heterocycles. The highest BCUT2D eigenvalue weighted by Gasteiger charge is 2.30. The van der Waals surface area contributed by atoms with Crippen LogP contribution < -0.4 is 4.74 Å². The van der Waals surface area contributed by atoms with Crippen LogP contribution in [0.15, 0.2) is 36.4 Å². The molecule has 3 rings (SSSR count). The molecule has 116 valence electrons. The van der Waals surface area contributed by atoms with Crippen LogP contribution >= 0.6 is 0 Å². The molecule has 0 atom stereocenters. The van der Waals surface area contributed by atoms with E-state index in [2.05, 4.69) is 19.9 Å². The number of rotatable bonds is 2. The Labute approximate surface area is 131 Å². The molecule has 0 aromatic heterocycles. The van der Waals surface area contributed by atoms with Gasteiger partial charge in [0.25, 0.3) is 0 Å². The average Bonchev–Trinajstić information content (AvgIpc) is 2.69. The Morgan fingerprint density at radius 3 is 2.32 bits per heavy atom. The number of ether oxygens (including phenoxy) is 1. The van der Waals surface area contributed by atoms with Gasteiger partial charge in [-0.25, -0.2) is 0 Å². The molecular weight excluding hydrogens is 276 g/mol. The third kappa shape index (κ3) is 2.69. The summed E-state index contributed by atoms with van der Waals surface area (Å²) in [5.74, 6) is 1.05. The van der Waals surface area contributed by atoms with Crippen molar-refractivity contribution in [3.05, 3.63) is 47.5 Å². The topological polar surface area (TPSA) is 49.7 Å². The van der Waals surface area contributed by atoms with Crippen LogP contribution in [0, 0.1) is 0 Å². The Hall–Kier alpha value is -2.00. The van der Waals surface area contributed by atoms with Crippen molar-refractivity contribution in [1.82, 2.24) is 0 Å². The number of hydrogen-bond acceptors (Lipinski definition) is 3. The van der Waals surface area contributed by atoms with E-state index >= 15 is 0 Å². The normalized spacial score (nSPS) is 16.2. The fraction of sp³-hybridized carbons (Fsp3) is 0.368. The summed E-state index contributed by atoms with van der Waals surface area (Å²) >= 11 is 0. The van der Waals surface area contributed by atoms with Crippen molar-refractivity contribution in [2.75, 3.05) is 0 Å². The molecule has 0 fully saturated rings. The van der Waals surface area contributed by atoms with E-state index in [9.17, 15) is 10.2 Å². The van der Waals surface area contributed by atoms with Crippen LogP contribution in [0.3, 0.4) is 0 Å². The molecule has 1 aliphatic rings. The molecular formula is C19H22O3. The highest BCUT2D eigenvalue weighted by Crippen LogP contribution is 2.38. The van der Waals surface area contributed by atoms with Gasteiger partial charge in [0.1, 0.15) is 17.1 Å². The second-order valence-corrected chi connectivity index (χ2v) is 7.15. The van der Waals surface area contributed by atoms with Gasteiger partial charge in [0.05, 0.1) is 5.60 Å². The van der Waals surface area contributed by atoms with E-state index in [1.807, 2.05) is 18.2 Å². The zero-order valence-electron chi connectivity index (χ0n) is 13.5. The first-order valence-corrected chi connectivity index (χ1v) is 7.54. The van der Waals surface area contributed by atoms with Crippen molar-refractivity contribution in [2.45, 2.75) is 45.3 Å². The van der Waals surface area contributed by atoms with Crippen LogP contribution in [-0.4, -0.2) is 15.8 Å². The van der Waals surface area contributed by atoms with Crippen molar-refractivity contribution in [2.24, 2.45) is 0 Å². The first kappa shape index (κ1) is 14.9. The standard InChI is InChI=1S/C19H22O3/c1-18(2)11-14-9-12(6-8-17(14)22-18)13-5-7-15(16(20)10-13)19(3,4)21/h5-10,20-21H,11H2,1-4H3. The number of phenols is 1. The molecule has 3 nitrogen and oxygen atoms in total. The Kier molecular flexibility index (Phi) is 3.22. The minimum absolute atomic E-state index is 0.113. The Morgan fingerprint density at radius 1 is 1.05 bits per heavy atom. The maximum Gasteiger partial charge on any atom is 0.123 e. The van der Waals surface area contributed by atoms with Crippen molar-refractivity contribution in [1.29, 1.82) is 0 Å². The molecule has 22 heavy (non-hydrogen) atoms. The predicted octanol–water partition coefficient (Wildman–Crippen LogP) is 4.00. The number of phenolic OH excluding ortho intramolecular Hbond substituents is 1. The zero-order chi connectivity index (χ0) is 16.1. The Balaban J connectivity index is 1.98. The van der Waals surface area contributed by atoms with Crippen LogP contribution in [0.2, 0.25) is 0 Å². The van der Waals surface area contributed by atoms with E-state index in [-0.39, 0.29) is 11.4 Å². The molecule has 2 aromatic rings. The molecule has 0 saturated carbocycles. The summed E-state index contributed by atoms with van der Waals surface area (Å²) in [7, 11) is 0. The first-order valence-electron chi connectivity index (χ1n) is 7.54. The first-order chi connectivity index (χ1) is 10.2. The van der Waals surface area contributed by atoms with Gasteiger partial charge < -0.3 is 14.9 Å². The lowest BCUT2D eigenvalue weighted by Gasteiger charge is -2.19. The van der Waals surface area contributed by atoms with E-state index in [4.69, 9.17) is 4.74 Å². The number of hydrogen-bond donors (Lipinski definition) is 2. The number of aliphatic hydroxyl groups is 1. The monoisotopic (exact) mass is 298 g/mol. The van der Waals surface area contributed by atoms with Gasteiger partial charge in [-0.3, -0.25) is 0 Å². The van der Waals surface area contributed by atoms with Crippen LogP contribution in [0.4, 0.5) is 0 Å². The maximum atomic E-state index is 10.2. The minimum Gasteiger partial charge on any atom is -0.508 e. The van der Waals surface area contributed by atoms with Gasteiger partial charge in [-0.05, 0) is 62.6 Å². The van der Waals surface area contributed by atoms with Gasteiger partial charge in [0.2, 0.25) is 0 Å². The largest absolute Gasteiger partial charge is 0.508 e. The molecule has 0 radical (unpaired) electrons. The molecule has 2 aromatic carbocycles. The van der Waals surface area contributed by atoms with E-state index in [1.165, 1.54) is 5.56 Å². The van der Waals surface area contributed by atoms with Gasteiger partial charge in [-0.2, -0.15) is 0 Å². The van der Waals surface area contributed by atoms with Crippen molar-refractivity contribution >= 4 is 0 Å². The van der Waals surface area contributed by atoms with Gasteiger partial charge in [0.15, 0.2) is 0 Å². The summed E-state index contributed by atoms with van der Waals surface area (Å²) in [6, 6.07) is 11.5. The third-order valence-electron chi connectivity index (χ3n) is 4.05. The molecule has 0 bridgehead atoms. The van der Waals surface area contributed by atoms with Crippen LogP contribution in [0.25, 0.3) is 11.1 Å². The Morgan fingerprint density at radius 2 is 1.68 bits per heavy atom. The van der Waals surface area contributed by atoms with Crippen molar-refractivity contribution in [3.63, 3.8) is 0 Å². The molecule has 2 N–H and O–H groups in total. The summed E-state index contributed by atoms with van der Waals surface area (Å²) in [4.78, 5) is 0. The lowest BCUT2D eigenvalue weighted by molar-refractivity contribution is 0.0758. The summed E-state index contributed by atoms with van der Waals surface area (Å²) in [5.41, 5.74) is 2.47. The molecule has 1 heterocycles. The second kappa shape index (κ2) is 4.75. The molecule has 3 heteroatoms. The van der Waals surface area contributed by atoms with Crippen molar-refractivity contribution in [3.8, 4) is 22.6 Å². The average molecular weight is 298 g/mol. The van der Waals surface area contributed by atoms with Gasteiger partial charge in [-0.1, -0.05) is 18.2 Å². The van der Waals surface area contributed by atoms with E-state index in [0.29, 0.717) is 5.56 Å². The predicted molar refractivity (Wildman–Crippen MR) is 87.2 cm³/mol. The zero-order valence-corrected chi connectivity index (χ0v) is 13.5. The summed E-state index contributed by atoms with van der Waals surface area (Å²) in [6.07, 6.45) is 0.879. The minimum atomic E-state index is -1.06. The molecule has 0 unspecified atom stereocenters. The number of benzene rings is 2. The smallest absolute Gasteiger partial charge is 0.123 e. The highest BCUT2D eigenvalue weighted by molar-refractivity contribution is 5.68. The third-order valence-corrected chi connectivity index (χ3v) is 4.05. The van der Waals surface area contributed by atoms with Gasteiger partial charge in [-0.15, -0.1) is 0 Å². The Bertz CT molecular complexity index is 724. The van der Waals surface area contributed by atoms with E-state index in [1.54, 1.807) is 26.0 Å². The summed E-state index contributed by atoms with van der Waals surface area (Å²) < 4.78 is 5.89. The molecule has 0 aliphatic carbocycles. The number of aromatic hydroxyl groups is 1. The van der Waals surface area contributed by atoms with Crippen molar-refractivity contribution < 1.29 is 14.9 Å². The summed E-state index contributed by atoms with van der Waals surface area (Å²) in [6.45, 7) is 7.49. The van der Waals surface area contributed by atoms with Gasteiger partial charge in [0, 0.05) is 12.0 Å². The lowest BCUT2D eigenvalue weighted by Crippen LogP contribution is -2.24. The second-order valence-electron chi connectivity index (χ2n) is 7.15. The number of fused-ring (bicyclic) bond motifs is 1. The summed E-state index contributed by atoms with van der Waals surface area (Å²) in [5, 5.41) is 20.2. The molecule has 0 amide bonds. The van der Waals surface area contributed by atoms with Crippen LogP contribution in [0.5, 0.6) is 11.5 Å². The van der Waals surface area contributed by atoms with E-state index in [0.717, 1.165) is 23.3 Å². The fourth-order valence-electron chi connectivity index (χ4n) is 3.02. The van der Waals surface area contributed by atoms with Crippen LogP contribution in [0.1, 0.15) is 38.8 Å². The highest BCUT2D eigenvalue weighted by atomic mass is 16.5. The fourth-order valence-corrected chi connectivity index (χ4v) is 3.02. The van der Waals surface area contributed by atoms with E-state index < -0.39 is 5.60 Å². The quantitative estimate of drug-likeness (QED) is 0.881. The maximum absolute atomic E-state index is 10.2. The lowest BCUT2D eigenvalue weighted by atomic mass is 9.93.